The largest absolute Gasteiger partial charge is 0.370 e. The van der Waals surface area contributed by atoms with Crippen molar-refractivity contribution in [3.8, 4) is 0 Å². The number of rotatable bonds is 5. The van der Waals surface area contributed by atoms with Crippen molar-refractivity contribution in [3.05, 3.63) is 71.8 Å². The highest BCUT2D eigenvalue weighted by molar-refractivity contribution is 5.80. The van der Waals surface area contributed by atoms with Crippen molar-refractivity contribution in [2.45, 2.75) is 56.7 Å². The van der Waals surface area contributed by atoms with Gasteiger partial charge in [0.25, 0.3) is 0 Å². The Labute approximate surface area is 150 Å². The Balaban J connectivity index is 1.39. The standard InChI is InChI=1S/C22H27N3/c23-22-24-21(18-11-5-2-6-12-18)16-20-15-14-19(25(20)22)13-7-10-17-8-3-1-4-9-17/h1-6,8-9,11-12,19-21H,7,10,13-16H2,(H2,23,24)/t19-,20+,21+/m0/s1. The number of benzene rings is 2. The number of fused-ring (bicyclic) bond motifs is 1. The van der Waals surface area contributed by atoms with Crippen molar-refractivity contribution in [1.29, 1.82) is 0 Å². The highest BCUT2D eigenvalue weighted by Crippen LogP contribution is 2.37. The van der Waals surface area contributed by atoms with Crippen molar-refractivity contribution in [2.75, 3.05) is 0 Å². The minimum absolute atomic E-state index is 0.227. The molecule has 2 aromatic carbocycles. The smallest absolute Gasteiger partial charge is 0.192 e. The fourth-order valence-electron chi connectivity index (χ4n) is 4.46. The molecule has 1 saturated heterocycles. The maximum absolute atomic E-state index is 6.40. The Hall–Kier alpha value is -2.29. The van der Waals surface area contributed by atoms with Crippen molar-refractivity contribution < 1.29 is 0 Å². The predicted molar refractivity (Wildman–Crippen MR) is 103 cm³/mol. The lowest BCUT2D eigenvalue weighted by Gasteiger charge is -2.37. The van der Waals surface area contributed by atoms with Crippen LogP contribution in [0.15, 0.2) is 65.7 Å². The SMILES string of the molecule is NC1=N[C@@H](c2ccccc2)C[C@H]2CC[C@H](CCCc3ccccc3)N12. The second-order valence-corrected chi connectivity index (χ2v) is 7.32. The van der Waals surface area contributed by atoms with Crippen LogP contribution in [-0.2, 0) is 6.42 Å². The third-order valence-corrected chi connectivity index (χ3v) is 5.70. The maximum atomic E-state index is 6.40. The van der Waals surface area contributed by atoms with E-state index in [1.165, 1.54) is 36.8 Å². The van der Waals surface area contributed by atoms with E-state index in [-0.39, 0.29) is 6.04 Å². The first kappa shape index (κ1) is 16.2. The summed E-state index contributed by atoms with van der Waals surface area (Å²) in [6, 6.07) is 22.7. The van der Waals surface area contributed by atoms with Gasteiger partial charge in [0.15, 0.2) is 5.96 Å². The fraction of sp³-hybridized carbons (Fsp3) is 0.409. The minimum Gasteiger partial charge on any atom is -0.370 e. The predicted octanol–water partition coefficient (Wildman–Crippen LogP) is 4.30. The molecule has 25 heavy (non-hydrogen) atoms. The molecule has 0 spiro atoms. The summed E-state index contributed by atoms with van der Waals surface area (Å²) >= 11 is 0. The Morgan fingerprint density at radius 1 is 0.960 bits per heavy atom. The summed E-state index contributed by atoms with van der Waals surface area (Å²) < 4.78 is 0. The van der Waals surface area contributed by atoms with Gasteiger partial charge in [-0.05, 0) is 49.7 Å². The van der Waals surface area contributed by atoms with Gasteiger partial charge in [-0.3, -0.25) is 0 Å². The lowest BCUT2D eigenvalue weighted by Crippen LogP contribution is -2.48. The third kappa shape index (κ3) is 3.55. The first-order valence-corrected chi connectivity index (χ1v) is 9.52. The van der Waals surface area contributed by atoms with Crippen LogP contribution in [0.2, 0.25) is 0 Å². The summed E-state index contributed by atoms with van der Waals surface area (Å²) in [5.41, 5.74) is 9.12. The van der Waals surface area contributed by atoms with E-state index in [1.807, 2.05) is 0 Å². The van der Waals surface area contributed by atoms with Crippen molar-refractivity contribution in [3.63, 3.8) is 0 Å². The van der Waals surface area contributed by atoms with Crippen LogP contribution < -0.4 is 5.73 Å². The van der Waals surface area contributed by atoms with E-state index in [0.29, 0.717) is 12.1 Å². The molecule has 0 saturated carbocycles. The second-order valence-electron chi connectivity index (χ2n) is 7.32. The van der Waals surface area contributed by atoms with E-state index >= 15 is 0 Å². The number of nitrogens with zero attached hydrogens (tertiary/aromatic N) is 2. The van der Waals surface area contributed by atoms with E-state index in [0.717, 1.165) is 18.8 Å². The maximum Gasteiger partial charge on any atom is 0.192 e. The number of nitrogens with two attached hydrogens (primary N) is 1. The molecule has 3 nitrogen and oxygen atoms in total. The summed E-state index contributed by atoms with van der Waals surface area (Å²) in [6.07, 6.45) is 7.16. The van der Waals surface area contributed by atoms with E-state index in [4.69, 9.17) is 10.7 Å². The number of guanidine groups is 1. The van der Waals surface area contributed by atoms with Gasteiger partial charge in [-0.1, -0.05) is 60.7 Å². The van der Waals surface area contributed by atoms with Crippen LogP contribution in [0.3, 0.4) is 0 Å². The molecule has 0 unspecified atom stereocenters. The molecule has 0 aliphatic carbocycles. The summed E-state index contributed by atoms with van der Waals surface area (Å²) in [7, 11) is 0. The third-order valence-electron chi connectivity index (χ3n) is 5.70. The molecule has 0 amide bonds. The molecular weight excluding hydrogens is 306 g/mol. The summed E-state index contributed by atoms with van der Waals surface area (Å²) in [6.45, 7) is 0. The van der Waals surface area contributed by atoms with Gasteiger partial charge in [0.05, 0.1) is 6.04 Å². The normalized spacial score (nSPS) is 25.5. The number of aryl methyl sites for hydroxylation is 1. The summed E-state index contributed by atoms with van der Waals surface area (Å²) in [5, 5.41) is 0. The minimum atomic E-state index is 0.227. The second kappa shape index (κ2) is 7.30. The summed E-state index contributed by atoms with van der Waals surface area (Å²) in [4.78, 5) is 7.25. The molecule has 3 heteroatoms. The van der Waals surface area contributed by atoms with Gasteiger partial charge in [-0.15, -0.1) is 0 Å². The number of aliphatic imine (C=N–C) groups is 1. The molecule has 2 heterocycles. The van der Waals surface area contributed by atoms with Crippen LogP contribution in [0.1, 0.15) is 49.3 Å². The van der Waals surface area contributed by atoms with Crippen molar-refractivity contribution in [2.24, 2.45) is 10.7 Å². The molecule has 0 aromatic heterocycles. The molecule has 4 rings (SSSR count). The Morgan fingerprint density at radius 3 is 2.44 bits per heavy atom. The molecule has 0 bridgehead atoms. The molecule has 2 aliphatic rings. The zero-order valence-electron chi connectivity index (χ0n) is 14.7. The zero-order valence-corrected chi connectivity index (χ0v) is 14.7. The monoisotopic (exact) mass is 333 g/mol. The number of hydrogen-bond acceptors (Lipinski definition) is 3. The Morgan fingerprint density at radius 2 is 1.68 bits per heavy atom. The topological polar surface area (TPSA) is 41.6 Å². The molecule has 3 atom stereocenters. The van der Waals surface area contributed by atoms with Crippen LogP contribution in [-0.4, -0.2) is 22.9 Å². The molecular formula is C22H27N3. The highest BCUT2D eigenvalue weighted by atomic mass is 15.3. The van der Waals surface area contributed by atoms with E-state index in [9.17, 15) is 0 Å². The van der Waals surface area contributed by atoms with Gasteiger partial charge in [0.2, 0.25) is 0 Å². The quantitative estimate of drug-likeness (QED) is 0.886. The van der Waals surface area contributed by atoms with Gasteiger partial charge in [-0.25, -0.2) is 4.99 Å². The molecule has 2 aliphatic heterocycles. The van der Waals surface area contributed by atoms with Crippen molar-refractivity contribution >= 4 is 5.96 Å². The molecule has 0 radical (unpaired) electrons. The van der Waals surface area contributed by atoms with Crippen LogP contribution in [0.25, 0.3) is 0 Å². The number of hydrogen-bond donors (Lipinski definition) is 1. The van der Waals surface area contributed by atoms with Crippen molar-refractivity contribution in [1.82, 2.24) is 4.90 Å². The highest BCUT2D eigenvalue weighted by Gasteiger charge is 2.38. The van der Waals surface area contributed by atoms with Gasteiger partial charge in [0, 0.05) is 12.1 Å². The van der Waals surface area contributed by atoms with Crippen LogP contribution in [0, 0.1) is 0 Å². The van der Waals surface area contributed by atoms with Crippen LogP contribution in [0.5, 0.6) is 0 Å². The van der Waals surface area contributed by atoms with Crippen LogP contribution >= 0.6 is 0 Å². The van der Waals surface area contributed by atoms with E-state index in [1.54, 1.807) is 0 Å². The Bertz CT molecular complexity index is 711. The lowest BCUT2D eigenvalue weighted by atomic mass is 9.97. The molecule has 2 N–H and O–H groups in total. The molecule has 1 fully saturated rings. The van der Waals surface area contributed by atoms with E-state index in [2.05, 4.69) is 65.6 Å². The Kier molecular flexibility index (Phi) is 4.73. The lowest BCUT2D eigenvalue weighted by molar-refractivity contribution is 0.253. The average Bonchev–Trinajstić information content (AvgIpc) is 3.07. The summed E-state index contributed by atoms with van der Waals surface area (Å²) in [5.74, 6) is 0.757. The molecule has 2 aromatic rings. The van der Waals surface area contributed by atoms with E-state index < -0.39 is 0 Å². The first-order valence-electron chi connectivity index (χ1n) is 9.52. The zero-order chi connectivity index (χ0) is 17.1. The van der Waals surface area contributed by atoms with Crippen LogP contribution in [0.4, 0.5) is 0 Å². The fourth-order valence-corrected chi connectivity index (χ4v) is 4.46. The van der Waals surface area contributed by atoms with Gasteiger partial charge in [-0.2, -0.15) is 0 Å². The van der Waals surface area contributed by atoms with Gasteiger partial charge >= 0.3 is 0 Å². The first-order chi connectivity index (χ1) is 12.3. The molecule has 130 valence electrons. The average molecular weight is 333 g/mol. The van der Waals surface area contributed by atoms with Gasteiger partial charge < -0.3 is 10.6 Å². The van der Waals surface area contributed by atoms with Gasteiger partial charge in [0.1, 0.15) is 0 Å².